The van der Waals surface area contributed by atoms with Gasteiger partial charge in [0.15, 0.2) is 0 Å². The minimum absolute atomic E-state index is 0.171. The van der Waals surface area contributed by atoms with Gasteiger partial charge < -0.3 is 9.32 Å². The van der Waals surface area contributed by atoms with Gasteiger partial charge in [0, 0.05) is 33.1 Å². The SMILES string of the molecule is CC1(C)c2ccccc2-c2ccc(N(c3ccc(-c4ccccc4)c(-c4ccccc4)c3)c3cc(-c4ccccc4)ccc3-c3cccc4oc5ccccc5c34)cc21. The van der Waals surface area contributed by atoms with Crippen molar-refractivity contribution in [1.29, 1.82) is 0 Å². The van der Waals surface area contributed by atoms with Gasteiger partial charge in [0.1, 0.15) is 11.2 Å². The van der Waals surface area contributed by atoms with Crippen LogP contribution in [0.15, 0.2) is 217 Å². The van der Waals surface area contributed by atoms with E-state index < -0.39 is 0 Å². The first kappa shape index (κ1) is 34.8. The van der Waals surface area contributed by atoms with Gasteiger partial charge in [0.05, 0.1) is 5.69 Å². The Morgan fingerprint density at radius 3 is 1.68 bits per heavy atom. The average Bonchev–Trinajstić information content (AvgIpc) is 3.79. The third-order valence-electron chi connectivity index (χ3n) is 12.3. The molecule has 2 heteroatoms. The first-order valence-electron chi connectivity index (χ1n) is 20.4. The Morgan fingerprint density at radius 1 is 0.356 bits per heavy atom. The molecule has 0 amide bonds. The number of benzene rings is 9. The summed E-state index contributed by atoms with van der Waals surface area (Å²) < 4.78 is 6.49. The highest BCUT2D eigenvalue weighted by Gasteiger charge is 2.36. The maximum atomic E-state index is 6.49. The molecule has 0 radical (unpaired) electrons. The fourth-order valence-electron chi connectivity index (χ4n) is 9.41. The number of anilines is 3. The van der Waals surface area contributed by atoms with Crippen LogP contribution in [0.5, 0.6) is 0 Å². The zero-order valence-corrected chi connectivity index (χ0v) is 33.1. The van der Waals surface area contributed by atoms with Crippen molar-refractivity contribution < 1.29 is 4.42 Å². The molecule has 0 saturated carbocycles. The van der Waals surface area contributed by atoms with Gasteiger partial charge in [0.25, 0.3) is 0 Å². The Balaban J connectivity index is 1.22. The van der Waals surface area contributed by atoms with Crippen LogP contribution in [0, 0.1) is 0 Å². The summed E-state index contributed by atoms with van der Waals surface area (Å²) in [6.45, 7) is 4.72. The number of rotatable bonds is 7. The molecule has 59 heavy (non-hydrogen) atoms. The molecular weight excluding hydrogens is 715 g/mol. The third-order valence-corrected chi connectivity index (χ3v) is 12.3. The molecule has 0 atom stereocenters. The van der Waals surface area contributed by atoms with Crippen LogP contribution in [0.1, 0.15) is 25.0 Å². The van der Waals surface area contributed by atoms with Gasteiger partial charge in [0.2, 0.25) is 0 Å². The zero-order chi connectivity index (χ0) is 39.5. The van der Waals surface area contributed by atoms with Gasteiger partial charge >= 0.3 is 0 Å². The molecule has 1 aliphatic carbocycles. The molecule has 280 valence electrons. The van der Waals surface area contributed by atoms with E-state index in [-0.39, 0.29) is 5.41 Å². The van der Waals surface area contributed by atoms with Crippen molar-refractivity contribution in [1.82, 2.24) is 0 Å². The molecule has 0 saturated heterocycles. The molecule has 0 N–H and O–H groups in total. The second-order valence-electron chi connectivity index (χ2n) is 16.1. The second kappa shape index (κ2) is 13.9. The topological polar surface area (TPSA) is 16.4 Å². The van der Waals surface area contributed by atoms with Crippen LogP contribution in [0.2, 0.25) is 0 Å². The predicted octanol–water partition coefficient (Wildman–Crippen LogP) is 16.0. The first-order valence-corrected chi connectivity index (χ1v) is 20.4. The number of para-hydroxylation sites is 1. The maximum Gasteiger partial charge on any atom is 0.136 e. The summed E-state index contributed by atoms with van der Waals surface area (Å²) in [4.78, 5) is 2.49. The lowest BCUT2D eigenvalue weighted by molar-refractivity contribution is 0.660. The van der Waals surface area contributed by atoms with Crippen LogP contribution in [0.3, 0.4) is 0 Å². The zero-order valence-electron chi connectivity index (χ0n) is 33.1. The molecule has 0 aliphatic heterocycles. The lowest BCUT2D eigenvalue weighted by Crippen LogP contribution is -2.17. The lowest BCUT2D eigenvalue weighted by atomic mass is 9.82. The lowest BCUT2D eigenvalue weighted by Gasteiger charge is -2.31. The summed E-state index contributed by atoms with van der Waals surface area (Å²) in [6, 6.07) is 77.0. The van der Waals surface area contributed by atoms with Crippen LogP contribution in [-0.2, 0) is 5.41 Å². The van der Waals surface area contributed by atoms with Gasteiger partial charge in [-0.25, -0.2) is 0 Å². The van der Waals surface area contributed by atoms with Gasteiger partial charge in [-0.1, -0.05) is 184 Å². The molecule has 11 rings (SSSR count). The number of hydrogen-bond acceptors (Lipinski definition) is 2. The molecule has 0 fully saturated rings. The van der Waals surface area contributed by atoms with E-state index in [0.29, 0.717) is 0 Å². The normalized spacial score (nSPS) is 12.7. The molecule has 0 spiro atoms. The van der Waals surface area contributed by atoms with E-state index in [9.17, 15) is 0 Å². The summed E-state index contributed by atoms with van der Waals surface area (Å²) in [7, 11) is 0. The van der Waals surface area contributed by atoms with Gasteiger partial charge in [-0.2, -0.15) is 0 Å². The van der Waals surface area contributed by atoms with Crippen molar-refractivity contribution in [2.45, 2.75) is 19.3 Å². The molecule has 1 heterocycles. The van der Waals surface area contributed by atoms with Gasteiger partial charge in [-0.15, -0.1) is 0 Å². The Hall–Kier alpha value is -7.42. The molecule has 0 bridgehead atoms. The van der Waals surface area contributed by atoms with E-state index in [0.717, 1.165) is 55.7 Å². The molecular formula is C57H41NO. The fraction of sp³-hybridized carbons (Fsp3) is 0.0526. The van der Waals surface area contributed by atoms with Gasteiger partial charge in [-0.3, -0.25) is 0 Å². The summed E-state index contributed by atoms with van der Waals surface area (Å²) in [6.07, 6.45) is 0. The smallest absolute Gasteiger partial charge is 0.136 e. The minimum atomic E-state index is -0.171. The number of fused-ring (bicyclic) bond motifs is 6. The van der Waals surface area contributed by atoms with Crippen molar-refractivity contribution in [3.8, 4) is 55.6 Å². The van der Waals surface area contributed by atoms with Crippen molar-refractivity contribution in [2.24, 2.45) is 0 Å². The van der Waals surface area contributed by atoms with E-state index in [1.54, 1.807) is 0 Å². The standard InChI is InChI=1S/C57H41NO/c1-57(2)51-26-14-12-23-45(51)46-34-31-43(37-52(46)57)58(42-30-33-44(39-19-8-4-9-20-39)50(36-42)40-21-10-5-11-22-40)53-35-41(38-17-6-3-7-18-38)29-32-47(53)48-25-16-28-55-56(48)49-24-13-15-27-54(49)59-55/h3-37H,1-2H3. The molecule has 10 aromatic rings. The summed E-state index contributed by atoms with van der Waals surface area (Å²) in [5.41, 5.74) is 19.5. The van der Waals surface area contributed by atoms with E-state index >= 15 is 0 Å². The number of furan rings is 1. The van der Waals surface area contributed by atoms with Crippen molar-refractivity contribution >= 4 is 39.0 Å². The second-order valence-corrected chi connectivity index (χ2v) is 16.1. The summed E-state index contributed by atoms with van der Waals surface area (Å²) in [5.74, 6) is 0. The van der Waals surface area contributed by atoms with E-state index in [1.165, 1.54) is 50.1 Å². The highest BCUT2D eigenvalue weighted by molar-refractivity contribution is 6.14. The Morgan fingerprint density at radius 2 is 0.915 bits per heavy atom. The van der Waals surface area contributed by atoms with Crippen LogP contribution in [-0.4, -0.2) is 0 Å². The average molecular weight is 756 g/mol. The van der Waals surface area contributed by atoms with E-state index in [1.807, 2.05) is 6.07 Å². The summed E-state index contributed by atoms with van der Waals surface area (Å²) >= 11 is 0. The molecule has 1 aliphatic rings. The molecule has 1 aromatic heterocycles. The van der Waals surface area contributed by atoms with Crippen molar-refractivity contribution in [2.75, 3.05) is 4.90 Å². The molecule has 2 nitrogen and oxygen atoms in total. The van der Waals surface area contributed by atoms with Crippen LogP contribution in [0.25, 0.3) is 77.6 Å². The van der Waals surface area contributed by atoms with E-state index in [4.69, 9.17) is 4.42 Å². The Kier molecular flexibility index (Phi) is 8.20. The van der Waals surface area contributed by atoms with Crippen LogP contribution < -0.4 is 4.90 Å². The number of nitrogens with zero attached hydrogens (tertiary/aromatic N) is 1. The maximum absolute atomic E-state index is 6.49. The third kappa shape index (κ3) is 5.79. The van der Waals surface area contributed by atoms with Crippen molar-refractivity contribution in [3.05, 3.63) is 223 Å². The predicted molar refractivity (Wildman–Crippen MR) is 248 cm³/mol. The largest absolute Gasteiger partial charge is 0.456 e. The minimum Gasteiger partial charge on any atom is -0.456 e. The van der Waals surface area contributed by atoms with E-state index in [2.05, 4.69) is 225 Å². The Bertz CT molecular complexity index is 3180. The number of hydrogen-bond donors (Lipinski definition) is 0. The fourth-order valence-corrected chi connectivity index (χ4v) is 9.41. The van der Waals surface area contributed by atoms with Crippen LogP contribution in [0.4, 0.5) is 17.1 Å². The monoisotopic (exact) mass is 755 g/mol. The highest BCUT2D eigenvalue weighted by Crippen LogP contribution is 2.52. The summed E-state index contributed by atoms with van der Waals surface area (Å²) in [5, 5.41) is 2.23. The highest BCUT2D eigenvalue weighted by atomic mass is 16.3. The molecule has 0 unspecified atom stereocenters. The molecule has 9 aromatic carbocycles. The van der Waals surface area contributed by atoms with Crippen LogP contribution >= 0.6 is 0 Å². The Labute approximate surface area is 345 Å². The first-order chi connectivity index (χ1) is 29.0. The van der Waals surface area contributed by atoms with Gasteiger partial charge in [-0.05, 0) is 104 Å². The quantitative estimate of drug-likeness (QED) is 0.161. The van der Waals surface area contributed by atoms with Crippen molar-refractivity contribution in [3.63, 3.8) is 0 Å².